The Bertz CT molecular complexity index is 1540. The van der Waals surface area contributed by atoms with E-state index in [4.69, 9.17) is 14.7 Å². The maximum atomic E-state index is 14.1. The van der Waals surface area contributed by atoms with Gasteiger partial charge in [0.1, 0.15) is 17.7 Å². The number of H-pyrrole nitrogens is 1. The van der Waals surface area contributed by atoms with Crippen LogP contribution in [0.1, 0.15) is 11.4 Å². The topological polar surface area (TPSA) is 96.8 Å². The van der Waals surface area contributed by atoms with Crippen molar-refractivity contribution in [2.45, 2.75) is 13.5 Å². The number of imidazole rings is 2. The summed E-state index contributed by atoms with van der Waals surface area (Å²) in [6.07, 6.45) is 1.72. The van der Waals surface area contributed by atoms with Gasteiger partial charge in [0.2, 0.25) is 5.95 Å². The number of nitrogens with zero attached hydrogens (tertiary/aromatic N) is 6. The summed E-state index contributed by atoms with van der Waals surface area (Å²) in [7, 11) is 0. The van der Waals surface area contributed by atoms with Crippen LogP contribution in [0.15, 0.2) is 42.7 Å². The minimum Gasteiger partial charge on any atom is -0.378 e. The van der Waals surface area contributed by atoms with Gasteiger partial charge in [0, 0.05) is 18.8 Å². The number of halogens is 2. The normalized spacial score (nSPS) is 14.2. The Morgan fingerprint density at radius 3 is 2.77 bits per heavy atom. The molecule has 2 N–H and O–H groups in total. The number of anilines is 2. The second kappa shape index (κ2) is 8.58. The first kappa shape index (κ1) is 21.4. The van der Waals surface area contributed by atoms with Crippen molar-refractivity contribution in [2.24, 2.45) is 0 Å². The summed E-state index contributed by atoms with van der Waals surface area (Å²) in [4.78, 5) is 23.5. The van der Waals surface area contributed by atoms with Gasteiger partial charge in [0.15, 0.2) is 28.6 Å². The molecule has 1 aliphatic rings. The van der Waals surface area contributed by atoms with Gasteiger partial charge in [-0.15, -0.1) is 0 Å². The van der Waals surface area contributed by atoms with E-state index in [1.54, 1.807) is 6.33 Å². The van der Waals surface area contributed by atoms with E-state index in [9.17, 15) is 8.78 Å². The zero-order chi connectivity index (χ0) is 23.9. The number of nitrogens with one attached hydrogen (secondary N) is 2. The van der Waals surface area contributed by atoms with Crippen molar-refractivity contribution in [3.8, 4) is 5.69 Å². The molecule has 6 rings (SSSR count). The van der Waals surface area contributed by atoms with E-state index >= 15 is 0 Å². The molecule has 4 heterocycles. The van der Waals surface area contributed by atoms with Crippen LogP contribution in [0.5, 0.6) is 0 Å². The standard InChI is InChI=1S/C24H22F2N8O/c1-14-3-2-4-15(11-14)34-13-28-21-22(31-24(32-23(21)34)33-7-9-35-10-8-33)27-12-18-29-17-6-5-16(25)19(26)20(17)30-18/h2-6,11,13H,7-10,12H2,1H3,(H,29,30)(H,27,31,32). The predicted octanol–water partition coefficient (Wildman–Crippen LogP) is 3.73. The number of hydrogen-bond donors (Lipinski definition) is 2. The third kappa shape index (κ3) is 3.93. The SMILES string of the molecule is Cc1cccc(-n2cnc3c(NCc4nc5ccc(F)c(F)c5[nH]4)nc(N4CCOCC4)nc32)c1. The van der Waals surface area contributed by atoms with Gasteiger partial charge in [-0.3, -0.25) is 4.57 Å². The summed E-state index contributed by atoms with van der Waals surface area (Å²) < 4.78 is 35.1. The summed E-state index contributed by atoms with van der Waals surface area (Å²) in [5.41, 5.74) is 3.71. The van der Waals surface area contributed by atoms with Crippen LogP contribution in [0.4, 0.5) is 20.5 Å². The molecule has 0 spiro atoms. The number of rotatable bonds is 5. The van der Waals surface area contributed by atoms with Crippen molar-refractivity contribution < 1.29 is 13.5 Å². The fourth-order valence-corrected chi connectivity index (χ4v) is 4.20. The number of hydrogen-bond acceptors (Lipinski definition) is 7. The average molecular weight is 476 g/mol. The molecular weight excluding hydrogens is 454 g/mol. The molecule has 5 aromatic rings. The lowest BCUT2D eigenvalue weighted by Gasteiger charge is -2.27. The number of aromatic nitrogens is 6. The maximum Gasteiger partial charge on any atom is 0.229 e. The molecule has 0 saturated carbocycles. The van der Waals surface area contributed by atoms with E-state index < -0.39 is 11.6 Å². The highest BCUT2D eigenvalue weighted by molar-refractivity contribution is 5.85. The third-order valence-electron chi connectivity index (χ3n) is 5.98. The lowest BCUT2D eigenvalue weighted by Crippen LogP contribution is -2.37. The van der Waals surface area contributed by atoms with Crippen molar-refractivity contribution in [3.63, 3.8) is 0 Å². The lowest BCUT2D eigenvalue weighted by atomic mass is 10.2. The average Bonchev–Trinajstić information content (AvgIpc) is 3.50. The molecule has 35 heavy (non-hydrogen) atoms. The fraction of sp³-hybridized carbons (Fsp3) is 0.250. The number of aryl methyl sites for hydroxylation is 1. The molecule has 0 aliphatic carbocycles. The highest BCUT2D eigenvalue weighted by Gasteiger charge is 2.20. The van der Waals surface area contributed by atoms with Gasteiger partial charge in [0.05, 0.1) is 25.3 Å². The van der Waals surface area contributed by atoms with Gasteiger partial charge in [-0.05, 0) is 36.8 Å². The van der Waals surface area contributed by atoms with Gasteiger partial charge in [-0.2, -0.15) is 9.97 Å². The van der Waals surface area contributed by atoms with Crippen LogP contribution < -0.4 is 10.2 Å². The van der Waals surface area contributed by atoms with Crippen molar-refractivity contribution in [2.75, 3.05) is 36.5 Å². The first-order chi connectivity index (χ1) is 17.1. The Morgan fingerprint density at radius 1 is 1.09 bits per heavy atom. The summed E-state index contributed by atoms with van der Waals surface area (Å²) in [6, 6.07) is 10.6. The quantitative estimate of drug-likeness (QED) is 0.399. The molecule has 9 nitrogen and oxygen atoms in total. The van der Waals surface area contributed by atoms with E-state index in [0.29, 0.717) is 60.6 Å². The Balaban J connectivity index is 1.40. The van der Waals surface area contributed by atoms with Crippen molar-refractivity contribution >= 4 is 34.0 Å². The Morgan fingerprint density at radius 2 is 1.94 bits per heavy atom. The Hall–Kier alpha value is -4.12. The zero-order valence-corrected chi connectivity index (χ0v) is 18.9. The molecule has 0 amide bonds. The summed E-state index contributed by atoms with van der Waals surface area (Å²) in [5.74, 6) is -0.333. The lowest BCUT2D eigenvalue weighted by molar-refractivity contribution is 0.122. The van der Waals surface area contributed by atoms with Crippen molar-refractivity contribution in [1.29, 1.82) is 0 Å². The van der Waals surface area contributed by atoms with Crippen LogP contribution in [0.2, 0.25) is 0 Å². The molecule has 3 aromatic heterocycles. The predicted molar refractivity (Wildman–Crippen MR) is 128 cm³/mol. The molecule has 11 heteroatoms. The second-order valence-corrected chi connectivity index (χ2v) is 8.39. The highest BCUT2D eigenvalue weighted by Crippen LogP contribution is 2.26. The minimum atomic E-state index is -0.947. The second-order valence-electron chi connectivity index (χ2n) is 8.39. The molecule has 1 fully saturated rings. The molecule has 2 aromatic carbocycles. The van der Waals surface area contributed by atoms with E-state index in [1.807, 2.05) is 29.7 Å². The maximum absolute atomic E-state index is 14.1. The first-order valence-corrected chi connectivity index (χ1v) is 11.3. The molecule has 0 bridgehead atoms. The number of benzene rings is 2. The molecule has 0 atom stereocenters. The summed E-state index contributed by atoms with van der Waals surface area (Å²) in [6.45, 7) is 4.80. The highest BCUT2D eigenvalue weighted by atomic mass is 19.2. The molecule has 178 valence electrons. The summed E-state index contributed by atoms with van der Waals surface area (Å²) in [5, 5.41) is 3.26. The van der Waals surface area contributed by atoms with Gasteiger partial charge in [0.25, 0.3) is 0 Å². The largest absolute Gasteiger partial charge is 0.378 e. The number of fused-ring (bicyclic) bond motifs is 2. The van der Waals surface area contributed by atoms with E-state index in [1.165, 1.54) is 6.07 Å². The first-order valence-electron chi connectivity index (χ1n) is 11.3. The summed E-state index contributed by atoms with van der Waals surface area (Å²) >= 11 is 0. The number of ether oxygens (including phenoxy) is 1. The molecule has 1 aliphatic heterocycles. The van der Waals surface area contributed by atoms with Crippen LogP contribution in [-0.4, -0.2) is 55.8 Å². The van der Waals surface area contributed by atoms with Gasteiger partial charge in [-0.1, -0.05) is 12.1 Å². The van der Waals surface area contributed by atoms with Gasteiger partial charge in [-0.25, -0.2) is 18.7 Å². The monoisotopic (exact) mass is 476 g/mol. The number of morpholine rings is 1. The Labute approximate surface area is 198 Å². The van der Waals surface area contributed by atoms with E-state index in [-0.39, 0.29) is 12.1 Å². The van der Waals surface area contributed by atoms with Crippen LogP contribution in [0.3, 0.4) is 0 Å². The minimum absolute atomic E-state index is 0.0346. The van der Waals surface area contributed by atoms with Crippen LogP contribution in [-0.2, 0) is 11.3 Å². The number of aromatic amines is 1. The van der Waals surface area contributed by atoms with Gasteiger partial charge < -0.3 is 19.9 Å². The third-order valence-corrected chi connectivity index (χ3v) is 5.98. The zero-order valence-electron chi connectivity index (χ0n) is 18.9. The van der Waals surface area contributed by atoms with Crippen LogP contribution in [0.25, 0.3) is 27.9 Å². The van der Waals surface area contributed by atoms with E-state index in [0.717, 1.165) is 17.3 Å². The van der Waals surface area contributed by atoms with E-state index in [2.05, 4.69) is 31.2 Å². The van der Waals surface area contributed by atoms with Crippen molar-refractivity contribution in [1.82, 2.24) is 29.5 Å². The fourth-order valence-electron chi connectivity index (χ4n) is 4.20. The molecular formula is C24H22F2N8O. The van der Waals surface area contributed by atoms with Gasteiger partial charge >= 0.3 is 0 Å². The van der Waals surface area contributed by atoms with Crippen molar-refractivity contribution in [3.05, 3.63) is 65.7 Å². The van der Waals surface area contributed by atoms with Crippen LogP contribution >= 0.6 is 0 Å². The van der Waals surface area contributed by atoms with Crippen LogP contribution in [0, 0.1) is 18.6 Å². The smallest absolute Gasteiger partial charge is 0.229 e. The molecule has 0 unspecified atom stereocenters. The molecule has 0 radical (unpaired) electrons. The molecule has 1 saturated heterocycles. The Kier molecular flexibility index (Phi) is 5.25.